The minimum absolute atomic E-state index is 0.152. The zero-order valence-corrected chi connectivity index (χ0v) is 11.1. The van der Waals surface area contributed by atoms with E-state index in [9.17, 15) is 4.79 Å². The van der Waals surface area contributed by atoms with Gasteiger partial charge in [0.15, 0.2) is 0 Å². The summed E-state index contributed by atoms with van der Waals surface area (Å²) in [7, 11) is 0. The lowest BCUT2D eigenvalue weighted by Gasteiger charge is -2.26. The Morgan fingerprint density at radius 3 is 2.89 bits per heavy atom. The summed E-state index contributed by atoms with van der Waals surface area (Å²) in [4.78, 5) is 14.0. The van der Waals surface area contributed by atoms with Gasteiger partial charge in [-0.05, 0) is 12.0 Å². The Kier molecular flexibility index (Phi) is 3.57. The Labute approximate surface area is 111 Å². The second kappa shape index (κ2) is 5.33. The molecule has 2 bridgehead atoms. The largest absolute Gasteiger partial charge is 0.367 e. The summed E-state index contributed by atoms with van der Waals surface area (Å²) in [5, 5.41) is 0.674. The van der Waals surface area contributed by atoms with E-state index in [-0.39, 0.29) is 12.5 Å². The van der Waals surface area contributed by atoms with E-state index in [1.54, 1.807) is 0 Å². The maximum atomic E-state index is 12.0. The Balaban J connectivity index is 1.45. The fourth-order valence-corrected chi connectivity index (χ4v) is 4.05. The van der Waals surface area contributed by atoms with Gasteiger partial charge in [0.05, 0.1) is 6.61 Å². The van der Waals surface area contributed by atoms with Crippen molar-refractivity contribution in [1.82, 2.24) is 4.90 Å². The normalized spacial score (nSPS) is 25.7. The van der Waals surface area contributed by atoms with E-state index in [4.69, 9.17) is 4.74 Å². The van der Waals surface area contributed by atoms with Crippen molar-refractivity contribution < 1.29 is 9.53 Å². The van der Waals surface area contributed by atoms with E-state index in [0.717, 1.165) is 17.9 Å². The lowest BCUT2D eigenvalue weighted by molar-refractivity contribution is -0.137. The smallest absolute Gasteiger partial charge is 0.248 e. The van der Waals surface area contributed by atoms with Crippen LogP contribution in [0, 0.1) is 0 Å². The summed E-state index contributed by atoms with van der Waals surface area (Å²) in [6.45, 7) is 1.65. The average molecular weight is 263 g/mol. The summed E-state index contributed by atoms with van der Waals surface area (Å²) < 4.78 is 5.50. The molecule has 18 heavy (non-hydrogen) atoms. The monoisotopic (exact) mass is 263 g/mol. The molecule has 1 amide bonds. The number of ether oxygens (including phenoxy) is 1. The van der Waals surface area contributed by atoms with E-state index in [1.807, 2.05) is 47.0 Å². The van der Waals surface area contributed by atoms with Crippen molar-refractivity contribution in [2.24, 2.45) is 0 Å². The van der Waals surface area contributed by atoms with Crippen LogP contribution in [0.15, 0.2) is 30.3 Å². The Morgan fingerprint density at radius 1 is 1.39 bits per heavy atom. The number of rotatable bonds is 4. The maximum Gasteiger partial charge on any atom is 0.248 e. The van der Waals surface area contributed by atoms with Gasteiger partial charge in [0.25, 0.3) is 0 Å². The van der Waals surface area contributed by atoms with Gasteiger partial charge in [0.1, 0.15) is 6.61 Å². The summed E-state index contributed by atoms with van der Waals surface area (Å²) in [6, 6.07) is 10.4. The van der Waals surface area contributed by atoms with Gasteiger partial charge >= 0.3 is 0 Å². The van der Waals surface area contributed by atoms with Crippen molar-refractivity contribution in [3.8, 4) is 0 Å². The van der Waals surface area contributed by atoms with Crippen molar-refractivity contribution in [2.75, 3.05) is 18.9 Å². The number of nitrogens with zero attached hydrogens (tertiary/aromatic N) is 1. The highest BCUT2D eigenvalue weighted by atomic mass is 32.2. The second-order valence-corrected chi connectivity index (χ2v) is 6.20. The van der Waals surface area contributed by atoms with Gasteiger partial charge < -0.3 is 9.64 Å². The molecular weight excluding hydrogens is 246 g/mol. The number of benzene rings is 1. The Hall–Kier alpha value is -1.000. The second-order valence-electron chi connectivity index (χ2n) is 4.87. The number of amides is 1. The quantitative estimate of drug-likeness (QED) is 0.831. The van der Waals surface area contributed by atoms with Crippen molar-refractivity contribution >= 4 is 17.7 Å². The highest BCUT2D eigenvalue weighted by molar-refractivity contribution is 8.00. The van der Waals surface area contributed by atoms with Crippen LogP contribution in [0.1, 0.15) is 12.0 Å². The number of hydrogen-bond acceptors (Lipinski definition) is 3. The van der Waals surface area contributed by atoms with Crippen molar-refractivity contribution in [3.63, 3.8) is 0 Å². The number of carbonyl (C=O) groups excluding carboxylic acids is 1. The first-order valence-corrected chi connectivity index (χ1v) is 7.40. The number of hydrogen-bond donors (Lipinski definition) is 0. The van der Waals surface area contributed by atoms with Crippen LogP contribution in [-0.2, 0) is 16.1 Å². The van der Waals surface area contributed by atoms with Gasteiger partial charge in [-0.1, -0.05) is 30.3 Å². The molecule has 1 aromatic carbocycles. The summed E-state index contributed by atoms with van der Waals surface area (Å²) in [5.74, 6) is 1.26. The van der Waals surface area contributed by atoms with Gasteiger partial charge in [-0.15, -0.1) is 0 Å². The average Bonchev–Trinajstić information content (AvgIpc) is 3.02. The predicted octanol–water partition coefficient (Wildman–Crippen LogP) is 1.92. The lowest BCUT2D eigenvalue weighted by Crippen LogP contribution is -2.41. The molecule has 0 N–H and O–H groups in total. The summed E-state index contributed by atoms with van der Waals surface area (Å²) >= 11 is 2.00. The molecule has 96 valence electrons. The molecule has 0 aliphatic carbocycles. The first kappa shape index (κ1) is 12.1. The molecule has 2 aliphatic heterocycles. The molecule has 0 aromatic heterocycles. The Bertz CT molecular complexity index is 423. The third kappa shape index (κ3) is 2.54. The molecule has 3 rings (SSSR count). The third-order valence-corrected chi connectivity index (χ3v) is 4.95. The molecule has 2 atom stereocenters. The van der Waals surface area contributed by atoms with Gasteiger partial charge in [-0.2, -0.15) is 11.8 Å². The highest BCUT2D eigenvalue weighted by Gasteiger charge is 2.40. The minimum atomic E-state index is 0.152. The molecule has 2 fully saturated rings. The summed E-state index contributed by atoms with van der Waals surface area (Å²) in [5.41, 5.74) is 1.11. The molecule has 3 nitrogen and oxygen atoms in total. The highest BCUT2D eigenvalue weighted by Crippen LogP contribution is 2.37. The zero-order chi connectivity index (χ0) is 12.4. The van der Waals surface area contributed by atoms with E-state index in [0.29, 0.717) is 17.9 Å². The van der Waals surface area contributed by atoms with Crippen molar-refractivity contribution in [2.45, 2.75) is 24.3 Å². The fourth-order valence-electron chi connectivity index (χ4n) is 2.62. The van der Waals surface area contributed by atoms with Crippen LogP contribution in [0.25, 0.3) is 0 Å². The van der Waals surface area contributed by atoms with E-state index in [1.165, 1.54) is 6.42 Å². The first-order chi connectivity index (χ1) is 8.83. The maximum absolute atomic E-state index is 12.0. The third-order valence-electron chi connectivity index (χ3n) is 3.56. The van der Waals surface area contributed by atoms with Crippen LogP contribution in [0.5, 0.6) is 0 Å². The minimum Gasteiger partial charge on any atom is -0.367 e. The topological polar surface area (TPSA) is 29.5 Å². The number of likely N-dealkylation sites (tertiary alicyclic amines) is 1. The number of thioether (sulfide) groups is 1. The van der Waals surface area contributed by atoms with Crippen LogP contribution in [-0.4, -0.2) is 41.0 Å². The molecule has 0 saturated carbocycles. The van der Waals surface area contributed by atoms with Crippen LogP contribution in [0.4, 0.5) is 0 Å². The van der Waals surface area contributed by atoms with Crippen LogP contribution in [0.2, 0.25) is 0 Å². The zero-order valence-electron chi connectivity index (χ0n) is 10.2. The molecule has 4 heteroatoms. The van der Waals surface area contributed by atoms with E-state index < -0.39 is 0 Å². The van der Waals surface area contributed by atoms with Crippen molar-refractivity contribution in [1.29, 1.82) is 0 Å². The molecule has 0 radical (unpaired) electrons. The first-order valence-electron chi connectivity index (χ1n) is 6.35. The van der Waals surface area contributed by atoms with Crippen LogP contribution >= 0.6 is 11.8 Å². The molecule has 0 spiro atoms. The van der Waals surface area contributed by atoms with E-state index in [2.05, 4.69) is 0 Å². The van der Waals surface area contributed by atoms with Crippen LogP contribution in [0.3, 0.4) is 0 Å². The van der Waals surface area contributed by atoms with Gasteiger partial charge in [-0.3, -0.25) is 4.79 Å². The molecule has 2 saturated heterocycles. The molecular formula is C14H17NO2S. The van der Waals surface area contributed by atoms with Gasteiger partial charge in [0, 0.05) is 23.6 Å². The SMILES string of the molecule is O=C(COCc1ccccc1)N1C[C@H]2C[C@H]1CS2. The predicted molar refractivity (Wildman–Crippen MR) is 72.5 cm³/mol. The molecule has 1 aromatic rings. The number of fused-ring (bicyclic) bond motifs is 2. The van der Waals surface area contributed by atoms with Crippen LogP contribution < -0.4 is 0 Å². The molecule has 2 heterocycles. The summed E-state index contributed by atoms with van der Waals surface area (Å²) in [6.07, 6.45) is 1.18. The number of carbonyl (C=O) groups is 1. The van der Waals surface area contributed by atoms with Crippen molar-refractivity contribution in [3.05, 3.63) is 35.9 Å². The van der Waals surface area contributed by atoms with Gasteiger partial charge in [-0.25, -0.2) is 0 Å². The Morgan fingerprint density at radius 2 is 2.22 bits per heavy atom. The van der Waals surface area contributed by atoms with E-state index >= 15 is 0 Å². The fraction of sp³-hybridized carbons (Fsp3) is 0.500. The van der Waals surface area contributed by atoms with Gasteiger partial charge in [0.2, 0.25) is 5.91 Å². The molecule has 0 unspecified atom stereocenters. The molecule has 2 aliphatic rings. The lowest BCUT2D eigenvalue weighted by atomic mass is 10.2. The standard InChI is InChI=1S/C14H17NO2S/c16-14(15-7-13-6-12(15)10-18-13)9-17-8-11-4-2-1-3-5-11/h1-5,12-13H,6-10H2/t12-,13+/m0/s1.